The molecule has 2 aromatic rings. The van der Waals surface area contributed by atoms with Crippen LogP contribution in [0.1, 0.15) is 36.8 Å². The van der Waals surface area contributed by atoms with Crippen LogP contribution < -0.4 is 4.74 Å². The van der Waals surface area contributed by atoms with Crippen LogP contribution in [0.3, 0.4) is 0 Å². The zero-order valence-electron chi connectivity index (χ0n) is 17.5. The standard InChI is InChI=1S/C21H26F3N3O3S2/c22-21(23,24)17-3-1-2-16(14-17)15-32(28,29)27-11-4-18(5-12-27)26-9-6-19(7-10-26)30-20-25-8-13-31-20/h1-3,8,13-14,18-19H,4-7,9-12,15H2. The Balaban J connectivity index is 1.27. The van der Waals surface area contributed by atoms with Gasteiger partial charge in [-0.25, -0.2) is 17.7 Å². The third kappa shape index (κ3) is 5.81. The van der Waals surface area contributed by atoms with E-state index in [1.54, 1.807) is 6.20 Å². The Kier molecular flexibility index (Phi) is 7.09. The van der Waals surface area contributed by atoms with Crippen LogP contribution in [0.15, 0.2) is 35.8 Å². The van der Waals surface area contributed by atoms with Gasteiger partial charge in [-0.1, -0.05) is 29.5 Å². The first-order valence-electron chi connectivity index (χ1n) is 10.6. The average molecular weight is 490 g/mol. The molecular weight excluding hydrogens is 463 g/mol. The number of benzene rings is 1. The summed E-state index contributed by atoms with van der Waals surface area (Å²) in [6.07, 6.45) is 0.660. The lowest BCUT2D eigenvalue weighted by Gasteiger charge is -2.41. The van der Waals surface area contributed by atoms with E-state index in [0.717, 1.165) is 50.9 Å². The van der Waals surface area contributed by atoms with Crippen molar-refractivity contribution < 1.29 is 26.3 Å². The van der Waals surface area contributed by atoms with E-state index in [1.165, 1.54) is 27.8 Å². The quantitative estimate of drug-likeness (QED) is 0.614. The molecule has 6 nitrogen and oxygen atoms in total. The first-order chi connectivity index (χ1) is 15.2. The Bertz CT molecular complexity index is 983. The molecule has 2 fully saturated rings. The summed E-state index contributed by atoms with van der Waals surface area (Å²) in [5.41, 5.74) is -0.671. The lowest BCUT2D eigenvalue weighted by molar-refractivity contribution is -0.137. The maximum absolute atomic E-state index is 12.9. The van der Waals surface area contributed by atoms with Gasteiger partial charge < -0.3 is 9.64 Å². The maximum atomic E-state index is 12.9. The molecule has 0 atom stereocenters. The zero-order chi connectivity index (χ0) is 22.8. The number of ether oxygens (including phenoxy) is 1. The lowest BCUT2D eigenvalue weighted by Crippen LogP contribution is -2.50. The van der Waals surface area contributed by atoms with E-state index in [1.807, 2.05) is 5.38 Å². The summed E-state index contributed by atoms with van der Waals surface area (Å²) in [6.45, 7) is 2.58. The molecule has 4 rings (SSSR count). The average Bonchev–Trinajstić information content (AvgIpc) is 3.27. The van der Waals surface area contributed by atoms with Gasteiger partial charge in [-0.3, -0.25) is 0 Å². The Labute approximate surface area is 190 Å². The second-order valence-corrected chi connectivity index (χ2v) is 11.1. The molecule has 3 heterocycles. The van der Waals surface area contributed by atoms with Crippen molar-refractivity contribution in [3.63, 3.8) is 0 Å². The van der Waals surface area contributed by atoms with Crippen LogP contribution in [0.5, 0.6) is 5.19 Å². The van der Waals surface area contributed by atoms with Gasteiger partial charge in [-0.05, 0) is 37.3 Å². The van der Waals surface area contributed by atoms with Gasteiger partial charge in [0.15, 0.2) is 0 Å². The predicted octanol–water partition coefficient (Wildman–Crippen LogP) is 4.00. The van der Waals surface area contributed by atoms with E-state index in [2.05, 4.69) is 9.88 Å². The number of nitrogens with zero attached hydrogens (tertiary/aromatic N) is 3. The van der Waals surface area contributed by atoms with Crippen molar-refractivity contribution in [2.45, 2.75) is 49.8 Å². The number of halogens is 3. The molecule has 0 saturated carbocycles. The molecule has 0 unspecified atom stereocenters. The van der Waals surface area contributed by atoms with Crippen molar-refractivity contribution in [1.29, 1.82) is 0 Å². The molecule has 0 aliphatic carbocycles. The van der Waals surface area contributed by atoms with E-state index in [4.69, 9.17) is 4.74 Å². The highest BCUT2D eigenvalue weighted by molar-refractivity contribution is 7.88. The summed E-state index contributed by atoms with van der Waals surface area (Å²) in [7, 11) is -3.67. The summed E-state index contributed by atoms with van der Waals surface area (Å²) in [5, 5.41) is 2.59. The second-order valence-electron chi connectivity index (χ2n) is 8.24. The van der Waals surface area contributed by atoms with Gasteiger partial charge in [0.2, 0.25) is 10.0 Å². The highest BCUT2D eigenvalue weighted by atomic mass is 32.2. The Morgan fingerprint density at radius 1 is 1.09 bits per heavy atom. The van der Waals surface area contributed by atoms with E-state index < -0.39 is 27.5 Å². The van der Waals surface area contributed by atoms with E-state index >= 15 is 0 Å². The van der Waals surface area contributed by atoms with Crippen molar-refractivity contribution >= 4 is 21.4 Å². The molecule has 1 aromatic heterocycles. The normalized spacial score (nSPS) is 20.5. The Morgan fingerprint density at radius 2 is 1.81 bits per heavy atom. The van der Waals surface area contributed by atoms with Gasteiger partial charge in [0.05, 0.1) is 11.3 Å². The monoisotopic (exact) mass is 489 g/mol. The molecule has 0 spiro atoms. The highest BCUT2D eigenvalue weighted by Gasteiger charge is 2.34. The molecule has 1 aromatic carbocycles. The Morgan fingerprint density at radius 3 is 2.44 bits per heavy atom. The number of hydrogen-bond donors (Lipinski definition) is 0. The van der Waals surface area contributed by atoms with E-state index in [-0.39, 0.29) is 11.7 Å². The molecule has 0 radical (unpaired) electrons. The van der Waals surface area contributed by atoms with Crippen LogP contribution in [-0.4, -0.2) is 60.9 Å². The third-order valence-corrected chi connectivity index (χ3v) is 8.60. The fourth-order valence-corrected chi connectivity index (χ4v) is 6.50. The minimum atomic E-state index is -4.49. The van der Waals surface area contributed by atoms with Crippen LogP contribution in [0.2, 0.25) is 0 Å². The molecule has 11 heteroatoms. The number of piperidine rings is 2. The van der Waals surface area contributed by atoms with Crippen LogP contribution in [0.25, 0.3) is 0 Å². The minimum absolute atomic E-state index is 0.157. The molecule has 2 saturated heterocycles. The second kappa shape index (κ2) is 9.66. The number of likely N-dealkylation sites (tertiary alicyclic amines) is 1. The fraction of sp³-hybridized carbons (Fsp3) is 0.571. The lowest BCUT2D eigenvalue weighted by atomic mass is 10.00. The number of rotatable bonds is 6. The molecule has 176 valence electrons. The summed E-state index contributed by atoms with van der Waals surface area (Å²) in [4.78, 5) is 6.56. The van der Waals surface area contributed by atoms with Crippen molar-refractivity contribution in [2.24, 2.45) is 0 Å². The highest BCUT2D eigenvalue weighted by Crippen LogP contribution is 2.31. The topological polar surface area (TPSA) is 62.7 Å². The number of thiazole rings is 1. The van der Waals surface area contributed by atoms with Gasteiger partial charge in [-0.2, -0.15) is 13.2 Å². The van der Waals surface area contributed by atoms with Gasteiger partial charge >= 0.3 is 6.18 Å². The molecule has 2 aliphatic rings. The summed E-state index contributed by atoms with van der Waals surface area (Å²) in [5.74, 6) is -0.416. The largest absolute Gasteiger partial charge is 0.467 e. The summed E-state index contributed by atoms with van der Waals surface area (Å²) in [6, 6.07) is 4.87. The summed E-state index contributed by atoms with van der Waals surface area (Å²) >= 11 is 1.49. The van der Waals surface area contributed by atoms with E-state index in [9.17, 15) is 21.6 Å². The van der Waals surface area contributed by atoms with Crippen LogP contribution >= 0.6 is 11.3 Å². The zero-order valence-corrected chi connectivity index (χ0v) is 19.1. The van der Waals surface area contributed by atoms with Crippen molar-refractivity contribution in [1.82, 2.24) is 14.2 Å². The molecule has 0 N–H and O–H groups in total. The molecule has 0 bridgehead atoms. The maximum Gasteiger partial charge on any atom is 0.416 e. The smallest absolute Gasteiger partial charge is 0.416 e. The number of sulfonamides is 1. The van der Waals surface area contributed by atoms with Crippen LogP contribution in [0, 0.1) is 0 Å². The predicted molar refractivity (Wildman–Crippen MR) is 116 cm³/mol. The number of alkyl halides is 3. The SMILES string of the molecule is O=S(=O)(Cc1cccc(C(F)(F)F)c1)N1CCC(N2CCC(Oc3nccs3)CC2)CC1. The van der Waals surface area contributed by atoms with Gasteiger partial charge in [0.25, 0.3) is 5.19 Å². The van der Waals surface area contributed by atoms with Gasteiger partial charge in [0.1, 0.15) is 6.10 Å². The van der Waals surface area contributed by atoms with Crippen LogP contribution in [-0.2, 0) is 22.0 Å². The molecule has 0 amide bonds. The summed E-state index contributed by atoms with van der Waals surface area (Å²) < 4.78 is 71.7. The van der Waals surface area contributed by atoms with Gasteiger partial charge in [-0.15, -0.1) is 0 Å². The number of aromatic nitrogens is 1. The van der Waals surface area contributed by atoms with Crippen LogP contribution in [0.4, 0.5) is 13.2 Å². The molecular formula is C21H26F3N3O3S2. The first-order valence-corrected chi connectivity index (χ1v) is 13.1. The van der Waals surface area contributed by atoms with Crippen molar-refractivity contribution in [2.75, 3.05) is 26.2 Å². The van der Waals surface area contributed by atoms with E-state index in [0.29, 0.717) is 24.3 Å². The van der Waals surface area contributed by atoms with Gasteiger partial charge in [0, 0.05) is 43.8 Å². The third-order valence-electron chi connectivity index (χ3n) is 6.09. The van der Waals surface area contributed by atoms with Crippen molar-refractivity contribution in [3.8, 4) is 5.19 Å². The number of hydrogen-bond acceptors (Lipinski definition) is 6. The fourth-order valence-electron chi connectivity index (χ4n) is 4.39. The first kappa shape index (κ1) is 23.5. The molecule has 32 heavy (non-hydrogen) atoms. The minimum Gasteiger partial charge on any atom is -0.467 e. The molecule has 2 aliphatic heterocycles. The van der Waals surface area contributed by atoms with Crippen molar-refractivity contribution in [3.05, 3.63) is 47.0 Å². The Hall–Kier alpha value is -1.69.